The Bertz CT molecular complexity index is 917. The zero-order chi connectivity index (χ0) is 17.2. The zero-order valence-corrected chi connectivity index (χ0v) is 14.0. The number of carbonyl (C=O) groups excluding carboxylic acids is 1. The standard InChI is InChI=1S/C20H19N3O2/c1-25-15-7-4-6-14(11-15)18-12-19(23-22-18)20(24)21-17-10-9-13-5-2-3-8-16(13)17/h2-8,11-12,17H,9-10H2,1H3,(H,21,24)(H,22,23)/t17-/m0/s1. The maximum absolute atomic E-state index is 12.6. The third-order valence-electron chi connectivity index (χ3n) is 4.63. The number of ether oxygens (including phenoxy) is 1. The van der Waals surface area contributed by atoms with Crippen molar-refractivity contribution < 1.29 is 9.53 Å². The summed E-state index contributed by atoms with van der Waals surface area (Å²) in [5.74, 6) is 0.623. The number of aromatic amines is 1. The van der Waals surface area contributed by atoms with Gasteiger partial charge in [0.2, 0.25) is 0 Å². The monoisotopic (exact) mass is 333 g/mol. The Labute approximate surface area is 146 Å². The minimum absolute atomic E-state index is 0.0623. The summed E-state index contributed by atoms with van der Waals surface area (Å²) >= 11 is 0. The molecule has 0 bridgehead atoms. The van der Waals surface area contributed by atoms with Crippen molar-refractivity contribution in [2.45, 2.75) is 18.9 Å². The molecule has 2 aromatic carbocycles. The molecule has 3 aromatic rings. The van der Waals surface area contributed by atoms with Gasteiger partial charge < -0.3 is 10.1 Å². The number of fused-ring (bicyclic) bond motifs is 1. The molecule has 0 spiro atoms. The van der Waals surface area contributed by atoms with Crippen LogP contribution < -0.4 is 10.1 Å². The average molecular weight is 333 g/mol. The van der Waals surface area contributed by atoms with E-state index in [1.807, 2.05) is 36.4 Å². The molecule has 0 saturated heterocycles. The molecule has 1 aromatic heterocycles. The molecule has 25 heavy (non-hydrogen) atoms. The number of aromatic nitrogens is 2. The van der Waals surface area contributed by atoms with Crippen LogP contribution in [0.1, 0.15) is 34.1 Å². The van der Waals surface area contributed by atoms with E-state index in [4.69, 9.17) is 4.74 Å². The van der Waals surface area contributed by atoms with Crippen molar-refractivity contribution in [3.63, 3.8) is 0 Å². The van der Waals surface area contributed by atoms with E-state index in [1.54, 1.807) is 13.2 Å². The van der Waals surface area contributed by atoms with Gasteiger partial charge in [-0.25, -0.2) is 0 Å². The van der Waals surface area contributed by atoms with Gasteiger partial charge in [-0.3, -0.25) is 9.89 Å². The number of rotatable bonds is 4. The minimum atomic E-state index is -0.136. The molecule has 1 atom stereocenters. The molecule has 0 aliphatic heterocycles. The minimum Gasteiger partial charge on any atom is -0.497 e. The van der Waals surface area contributed by atoms with E-state index in [2.05, 4.69) is 27.6 Å². The first-order chi connectivity index (χ1) is 12.2. The Morgan fingerprint density at radius 3 is 2.96 bits per heavy atom. The quantitative estimate of drug-likeness (QED) is 0.768. The van der Waals surface area contributed by atoms with E-state index in [-0.39, 0.29) is 11.9 Å². The summed E-state index contributed by atoms with van der Waals surface area (Å²) in [4.78, 5) is 12.6. The summed E-state index contributed by atoms with van der Waals surface area (Å²) in [6, 6.07) is 17.7. The van der Waals surface area contributed by atoms with Crippen LogP contribution in [0.25, 0.3) is 11.3 Å². The molecule has 1 aliphatic carbocycles. The molecule has 126 valence electrons. The Morgan fingerprint density at radius 1 is 1.20 bits per heavy atom. The van der Waals surface area contributed by atoms with Crippen LogP contribution in [-0.2, 0) is 6.42 Å². The number of methoxy groups -OCH3 is 1. The smallest absolute Gasteiger partial charge is 0.269 e. The second kappa shape index (κ2) is 6.43. The van der Waals surface area contributed by atoms with Gasteiger partial charge >= 0.3 is 0 Å². The second-order valence-corrected chi connectivity index (χ2v) is 6.16. The molecule has 1 amide bonds. The van der Waals surface area contributed by atoms with Gasteiger partial charge in [-0.15, -0.1) is 0 Å². The van der Waals surface area contributed by atoms with Gasteiger partial charge in [0.25, 0.3) is 5.91 Å². The Hall–Kier alpha value is -3.08. The SMILES string of the molecule is COc1cccc(-c2cc(C(=O)N[C@H]3CCc4ccccc43)[nH]n2)c1. The number of hydrogen-bond acceptors (Lipinski definition) is 3. The van der Waals surface area contributed by atoms with Crippen molar-refractivity contribution in [3.05, 3.63) is 71.4 Å². The fourth-order valence-electron chi connectivity index (χ4n) is 3.31. The Kier molecular flexibility index (Phi) is 3.98. The third-order valence-corrected chi connectivity index (χ3v) is 4.63. The molecular formula is C20H19N3O2. The molecule has 1 heterocycles. The number of nitrogens with one attached hydrogen (secondary N) is 2. The van der Waals surface area contributed by atoms with Gasteiger partial charge in [0.15, 0.2) is 0 Å². The van der Waals surface area contributed by atoms with Gasteiger partial charge in [0, 0.05) is 5.56 Å². The largest absolute Gasteiger partial charge is 0.497 e. The lowest BCUT2D eigenvalue weighted by Gasteiger charge is -2.13. The van der Waals surface area contributed by atoms with E-state index in [0.29, 0.717) is 5.69 Å². The van der Waals surface area contributed by atoms with Crippen LogP contribution in [0.2, 0.25) is 0 Å². The molecule has 0 unspecified atom stereocenters. The van der Waals surface area contributed by atoms with Crippen LogP contribution in [0.15, 0.2) is 54.6 Å². The Morgan fingerprint density at radius 2 is 2.08 bits per heavy atom. The van der Waals surface area contributed by atoms with E-state index in [1.165, 1.54) is 11.1 Å². The summed E-state index contributed by atoms with van der Waals surface area (Å²) in [6.07, 6.45) is 1.93. The van der Waals surface area contributed by atoms with Crippen LogP contribution in [0.4, 0.5) is 0 Å². The predicted molar refractivity (Wildman–Crippen MR) is 95.5 cm³/mol. The van der Waals surface area contributed by atoms with Crippen LogP contribution in [0.3, 0.4) is 0 Å². The van der Waals surface area contributed by atoms with Crippen LogP contribution in [0, 0.1) is 0 Å². The van der Waals surface area contributed by atoms with Crippen molar-refractivity contribution in [2.75, 3.05) is 7.11 Å². The van der Waals surface area contributed by atoms with Crippen LogP contribution >= 0.6 is 0 Å². The second-order valence-electron chi connectivity index (χ2n) is 6.16. The van der Waals surface area contributed by atoms with Crippen molar-refractivity contribution in [2.24, 2.45) is 0 Å². The number of nitrogens with zero attached hydrogens (tertiary/aromatic N) is 1. The average Bonchev–Trinajstić information content (AvgIpc) is 3.30. The number of hydrogen-bond donors (Lipinski definition) is 2. The van der Waals surface area contributed by atoms with E-state index in [9.17, 15) is 4.79 Å². The molecule has 4 rings (SSSR count). The van der Waals surface area contributed by atoms with Crippen molar-refractivity contribution in [3.8, 4) is 17.0 Å². The lowest BCUT2D eigenvalue weighted by Crippen LogP contribution is -2.27. The number of amides is 1. The molecule has 5 heteroatoms. The van der Waals surface area contributed by atoms with E-state index < -0.39 is 0 Å². The highest BCUT2D eigenvalue weighted by atomic mass is 16.5. The summed E-state index contributed by atoms with van der Waals surface area (Å²) in [7, 11) is 1.63. The molecule has 5 nitrogen and oxygen atoms in total. The maximum Gasteiger partial charge on any atom is 0.269 e. The highest BCUT2D eigenvalue weighted by Gasteiger charge is 2.24. The van der Waals surface area contributed by atoms with Crippen molar-refractivity contribution in [1.82, 2.24) is 15.5 Å². The van der Waals surface area contributed by atoms with Gasteiger partial charge in [0.05, 0.1) is 18.8 Å². The third kappa shape index (κ3) is 3.01. The Balaban J connectivity index is 1.51. The topological polar surface area (TPSA) is 67.0 Å². The molecule has 0 radical (unpaired) electrons. The van der Waals surface area contributed by atoms with E-state index >= 15 is 0 Å². The fourth-order valence-corrected chi connectivity index (χ4v) is 3.31. The summed E-state index contributed by atoms with van der Waals surface area (Å²) in [5, 5.41) is 10.2. The lowest BCUT2D eigenvalue weighted by atomic mass is 10.1. The zero-order valence-electron chi connectivity index (χ0n) is 14.0. The first-order valence-corrected chi connectivity index (χ1v) is 8.33. The maximum atomic E-state index is 12.6. The highest BCUT2D eigenvalue weighted by Crippen LogP contribution is 2.31. The molecule has 0 fully saturated rings. The fraction of sp³-hybridized carbons (Fsp3) is 0.200. The molecular weight excluding hydrogens is 314 g/mol. The van der Waals surface area contributed by atoms with Gasteiger partial charge in [-0.1, -0.05) is 36.4 Å². The van der Waals surface area contributed by atoms with Gasteiger partial charge in [0.1, 0.15) is 11.4 Å². The lowest BCUT2D eigenvalue weighted by molar-refractivity contribution is 0.0931. The summed E-state index contributed by atoms with van der Waals surface area (Å²) in [6.45, 7) is 0. The molecule has 0 saturated carbocycles. The highest BCUT2D eigenvalue weighted by molar-refractivity contribution is 5.93. The summed E-state index contributed by atoms with van der Waals surface area (Å²) in [5.41, 5.74) is 4.61. The molecule has 1 aliphatic rings. The van der Waals surface area contributed by atoms with Crippen molar-refractivity contribution in [1.29, 1.82) is 0 Å². The van der Waals surface area contributed by atoms with Crippen molar-refractivity contribution >= 4 is 5.91 Å². The first kappa shape index (κ1) is 15.4. The van der Waals surface area contributed by atoms with Crippen LogP contribution in [0.5, 0.6) is 5.75 Å². The van der Waals surface area contributed by atoms with Gasteiger partial charge in [-0.2, -0.15) is 5.10 Å². The number of aryl methyl sites for hydroxylation is 1. The first-order valence-electron chi connectivity index (χ1n) is 8.33. The normalized spacial score (nSPS) is 15.6. The predicted octanol–water partition coefficient (Wildman–Crippen LogP) is 3.50. The van der Waals surface area contributed by atoms with Gasteiger partial charge in [-0.05, 0) is 42.2 Å². The van der Waals surface area contributed by atoms with Crippen LogP contribution in [-0.4, -0.2) is 23.2 Å². The number of H-pyrrole nitrogens is 1. The number of carbonyl (C=O) groups is 1. The molecule has 2 N–H and O–H groups in total. The van der Waals surface area contributed by atoms with E-state index in [0.717, 1.165) is 29.8 Å². The number of benzene rings is 2. The summed E-state index contributed by atoms with van der Waals surface area (Å²) < 4.78 is 5.24.